The standard InChI is InChI=1S/C21H29N5O2/c27-20(24-19-6-2-1-3-7-19)9-8-18-10-16-25(17-11-18)21(28)22-12-4-14-26-15-5-13-23-26/h1-3,5-7,13,15,18H,4,8-12,14,16-17H2,(H,22,28)(H,24,27). The smallest absolute Gasteiger partial charge is 0.317 e. The molecule has 1 aromatic heterocycles. The van der Waals surface area contributed by atoms with Crippen LogP contribution in [-0.2, 0) is 11.3 Å². The van der Waals surface area contributed by atoms with Gasteiger partial charge in [-0.1, -0.05) is 18.2 Å². The fraction of sp³-hybridized carbons (Fsp3) is 0.476. The summed E-state index contributed by atoms with van der Waals surface area (Å²) in [6.07, 6.45) is 7.86. The molecule has 7 heteroatoms. The van der Waals surface area contributed by atoms with Crippen molar-refractivity contribution in [3.05, 3.63) is 48.8 Å². The summed E-state index contributed by atoms with van der Waals surface area (Å²) in [5, 5.41) is 10.1. The first-order valence-electron chi connectivity index (χ1n) is 10.1. The van der Waals surface area contributed by atoms with Crippen LogP contribution in [0.2, 0.25) is 0 Å². The molecule has 0 aliphatic carbocycles. The van der Waals surface area contributed by atoms with Crippen LogP contribution >= 0.6 is 0 Å². The van der Waals surface area contributed by atoms with E-state index in [4.69, 9.17) is 0 Å². The predicted molar refractivity (Wildman–Crippen MR) is 109 cm³/mol. The zero-order valence-corrected chi connectivity index (χ0v) is 16.2. The predicted octanol–water partition coefficient (Wildman–Crippen LogP) is 3.11. The molecule has 1 fully saturated rings. The average molecular weight is 383 g/mol. The van der Waals surface area contributed by atoms with Crippen molar-refractivity contribution in [3.8, 4) is 0 Å². The number of piperidine rings is 1. The van der Waals surface area contributed by atoms with Gasteiger partial charge in [0.1, 0.15) is 0 Å². The summed E-state index contributed by atoms with van der Waals surface area (Å²) in [6.45, 7) is 2.98. The summed E-state index contributed by atoms with van der Waals surface area (Å²) < 4.78 is 1.87. The first-order valence-corrected chi connectivity index (χ1v) is 10.1. The molecule has 3 amide bonds. The van der Waals surface area contributed by atoms with Crippen LogP contribution in [0, 0.1) is 5.92 Å². The number of rotatable bonds is 8. The number of likely N-dealkylation sites (tertiary alicyclic amines) is 1. The molecule has 0 spiro atoms. The molecule has 28 heavy (non-hydrogen) atoms. The number of carbonyl (C=O) groups is 2. The number of nitrogens with one attached hydrogen (secondary N) is 2. The summed E-state index contributed by atoms with van der Waals surface area (Å²) in [5.74, 6) is 0.564. The van der Waals surface area contributed by atoms with E-state index in [1.54, 1.807) is 6.20 Å². The Morgan fingerprint density at radius 2 is 1.89 bits per heavy atom. The van der Waals surface area contributed by atoms with Gasteiger partial charge in [0.15, 0.2) is 0 Å². The molecule has 2 N–H and O–H groups in total. The minimum atomic E-state index is 0.0146. The number of amides is 3. The number of carbonyl (C=O) groups excluding carboxylic acids is 2. The highest BCUT2D eigenvalue weighted by Crippen LogP contribution is 2.22. The summed E-state index contributed by atoms with van der Waals surface area (Å²) in [4.78, 5) is 26.2. The van der Waals surface area contributed by atoms with Crippen LogP contribution in [0.15, 0.2) is 48.8 Å². The number of hydrogen-bond donors (Lipinski definition) is 2. The molecule has 1 aliphatic heterocycles. The van der Waals surface area contributed by atoms with Gasteiger partial charge in [-0.15, -0.1) is 0 Å². The zero-order chi connectivity index (χ0) is 19.6. The molecular weight excluding hydrogens is 354 g/mol. The Kier molecular flexibility index (Phi) is 7.46. The van der Waals surface area contributed by atoms with Crippen molar-refractivity contribution in [2.45, 2.75) is 38.6 Å². The second-order valence-corrected chi connectivity index (χ2v) is 7.24. The Morgan fingerprint density at radius 3 is 2.61 bits per heavy atom. The van der Waals surface area contributed by atoms with Crippen LogP contribution < -0.4 is 10.6 Å². The number of nitrogens with zero attached hydrogens (tertiary/aromatic N) is 3. The van der Waals surface area contributed by atoms with Gasteiger partial charge in [-0.2, -0.15) is 5.10 Å². The van der Waals surface area contributed by atoms with E-state index < -0.39 is 0 Å². The number of urea groups is 1. The molecule has 1 saturated heterocycles. The summed E-state index contributed by atoms with van der Waals surface area (Å²) in [5.41, 5.74) is 0.839. The van der Waals surface area contributed by atoms with Gasteiger partial charge in [-0.05, 0) is 49.8 Å². The second-order valence-electron chi connectivity index (χ2n) is 7.24. The maximum atomic E-state index is 12.3. The lowest BCUT2D eigenvalue weighted by Crippen LogP contribution is -2.44. The number of anilines is 1. The Balaban J connectivity index is 1.27. The third-order valence-corrected chi connectivity index (χ3v) is 5.14. The van der Waals surface area contributed by atoms with Crippen molar-refractivity contribution in [3.63, 3.8) is 0 Å². The highest BCUT2D eigenvalue weighted by molar-refractivity contribution is 5.90. The monoisotopic (exact) mass is 383 g/mol. The molecule has 0 bridgehead atoms. The number of benzene rings is 1. The van der Waals surface area contributed by atoms with E-state index in [2.05, 4.69) is 15.7 Å². The molecule has 2 aromatic rings. The van der Waals surface area contributed by atoms with Crippen molar-refractivity contribution >= 4 is 17.6 Å². The lowest BCUT2D eigenvalue weighted by Gasteiger charge is -2.32. The van der Waals surface area contributed by atoms with Gasteiger partial charge in [0, 0.05) is 50.7 Å². The summed E-state index contributed by atoms with van der Waals surface area (Å²) >= 11 is 0. The molecule has 0 atom stereocenters. The van der Waals surface area contributed by atoms with Gasteiger partial charge in [0.25, 0.3) is 0 Å². The van der Waals surface area contributed by atoms with E-state index in [-0.39, 0.29) is 11.9 Å². The average Bonchev–Trinajstić information content (AvgIpc) is 3.24. The lowest BCUT2D eigenvalue weighted by molar-refractivity contribution is -0.116. The first kappa shape index (κ1) is 19.9. The molecule has 0 saturated carbocycles. The fourth-order valence-electron chi connectivity index (χ4n) is 3.49. The lowest BCUT2D eigenvalue weighted by atomic mass is 9.92. The fourth-order valence-corrected chi connectivity index (χ4v) is 3.49. The maximum Gasteiger partial charge on any atom is 0.317 e. The van der Waals surface area contributed by atoms with E-state index in [1.165, 1.54) is 0 Å². The van der Waals surface area contributed by atoms with Crippen molar-refractivity contribution < 1.29 is 9.59 Å². The van der Waals surface area contributed by atoms with Crippen molar-refractivity contribution in [1.82, 2.24) is 20.0 Å². The Labute approximate surface area is 166 Å². The van der Waals surface area contributed by atoms with E-state index in [1.807, 2.05) is 52.2 Å². The molecule has 0 radical (unpaired) electrons. The highest BCUT2D eigenvalue weighted by atomic mass is 16.2. The van der Waals surface area contributed by atoms with Crippen LogP contribution in [0.5, 0.6) is 0 Å². The number of hydrogen-bond acceptors (Lipinski definition) is 3. The SMILES string of the molecule is O=C(CCC1CCN(C(=O)NCCCn2cccn2)CC1)Nc1ccccc1. The third-order valence-electron chi connectivity index (χ3n) is 5.14. The first-order chi connectivity index (χ1) is 13.7. The zero-order valence-electron chi connectivity index (χ0n) is 16.2. The summed E-state index contributed by atoms with van der Waals surface area (Å²) in [7, 11) is 0. The van der Waals surface area contributed by atoms with Crippen molar-refractivity contribution in [2.75, 3.05) is 25.0 Å². The Bertz CT molecular complexity index is 725. The van der Waals surface area contributed by atoms with Crippen LogP contribution in [0.1, 0.15) is 32.1 Å². The molecule has 3 rings (SSSR count). The number of aryl methyl sites for hydroxylation is 1. The second kappa shape index (κ2) is 10.5. The topological polar surface area (TPSA) is 79.3 Å². The van der Waals surface area contributed by atoms with Gasteiger partial charge in [0.05, 0.1) is 0 Å². The normalized spacial score (nSPS) is 14.6. The summed E-state index contributed by atoms with van der Waals surface area (Å²) in [6, 6.07) is 11.4. The van der Waals surface area contributed by atoms with Gasteiger partial charge < -0.3 is 15.5 Å². The minimum Gasteiger partial charge on any atom is -0.338 e. The van der Waals surface area contributed by atoms with Crippen molar-refractivity contribution in [2.24, 2.45) is 5.92 Å². The Hall–Kier alpha value is -2.83. The quantitative estimate of drug-likeness (QED) is 0.688. The molecule has 1 aliphatic rings. The van der Waals surface area contributed by atoms with Gasteiger partial charge in [-0.3, -0.25) is 9.48 Å². The number of aromatic nitrogens is 2. The van der Waals surface area contributed by atoms with Crippen LogP contribution in [0.4, 0.5) is 10.5 Å². The van der Waals surface area contributed by atoms with Crippen LogP contribution in [0.3, 0.4) is 0 Å². The molecule has 1 aromatic carbocycles. The highest BCUT2D eigenvalue weighted by Gasteiger charge is 2.23. The minimum absolute atomic E-state index is 0.0146. The van der Waals surface area contributed by atoms with Crippen molar-refractivity contribution in [1.29, 1.82) is 0 Å². The third kappa shape index (κ3) is 6.40. The largest absolute Gasteiger partial charge is 0.338 e. The van der Waals surface area contributed by atoms with Gasteiger partial charge in [-0.25, -0.2) is 4.79 Å². The maximum absolute atomic E-state index is 12.3. The van der Waals surface area contributed by atoms with E-state index in [0.29, 0.717) is 18.9 Å². The molecule has 2 heterocycles. The molecule has 0 unspecified atom stereocenters. The molecular formula is C21H29N5O2. The van der Waals surface area contributed by atoms with Crippen LogP contribution in [0.25, 0.3) is 0 Å². The van der Waals surface area contributed by atoms with Crippen LogP contribution in [-0.4, -0.2) is 46.3 Å². The van der Waals surface area contributed by atoms with Gasteiger partial charge >= 0.3 is 6.03 Å². The van der Waals surface area contributed by atoms with E-state index >= 15 is 0 Å². The molecule has 150 valence electrons. The number of para-hydroxylation sites is 1. The van der Waals surface area contributed by atoms with E-state index in [0.717, 1.165) is 51.0 Å². The van der Waals surface area contributed by atoms with Gasteiger partial charge in [0.2, 0.25) is 5.91 Å². The Morgan fingerprint density at radius 1 is 1.11 bits per heavy atom. The van der Waals surface area contributed by atoms with E-state index in [9.17, 15) is 9.59 Å². The molecule has 7 nitrogen and oxygen atoms in total.